The number of anilines is 1. The van der Waals surface area contributed by atoms with Gasteiger partial charge in [0.25, 0.3) is 0 Å². The monoisotopic (exact) mass is 408 g/mol. The Morgan fingerprint density at radius 3 is 1.93 bits per heavy atom. The molecule has 0 saturated carbocycles. The highest BCUT2D eigenvalue weighted by Crippen LogP contribution is 2.36. The molecule has 3 rings (SSSR count). The van der Waals surface area contributed by atoms with Gasteiger partial charge in [0.2, 0.25) is 10.0 Å². The first-order valence-corrected chi connectivity index (χ1v) is 11.7. The highest BCUT2D eigenvalue weighted by Gasteiger charge is 2.51. The van der Waals surface area contributed by atoms with Gasteiger partial charge in [0.1, 0.15) is 0 Å². The number of sulfonamides is 1. The summed E-state index contributed by atoms with van der Waals surface area (Å²) < 4.78 is 38.7. The normalized spacial score (nSPS) is 22.8. The molecule has 6 nitrogen and oxygen atoms in total. The summed E-state index contributed by atoms with van der Waals surface area (Å²) in [6.07, 6.45) is 0. The van der Waals surface area contributed by atoms with Crippen LogP contribution in [0.2, 0.25) is 0 Å². The number of benzene rings is 1. The highest BCUT2D eigenvalue weighted by molar-refractivity contribution is 7.89. The highest BCUT2D eigenvalue weighted by atomic mass is 32.2. The van der Waals surface area contributed by atoms with Gasteiger partial charge < -0.3 is 14.2 Å². The summed E-state index contributed by atoms with van der Waals surface area (Å²) in [5, 5.41) is 0. The number of hydrogen-bond donors (Lipinski definition) is 0. The van der Waals surface area contributed by atoms with Gasteiger partial charge in [-0.2, -0.15) is 4.31 Å². The van der Waals surface area contributed by atoms with E-state index >= 15 is 0 Å². The molecule has 0 N–H and O–H groups in total. The van der Waals surface area contributed by atoms with Crippen LogP contribution in [-0.4, -0.2) is 63.0 Å². The van der Waals surface area contributed by atoms with Crippen molar-refractivity contribution in [1.82, 2.24) is 4.31 Å². The zero-order valence-electron chi connectivity index (χ0n) is 17.9. The van der Waals surface area contributed by atoms with Crippen LogP contribution in [0.25, 0.3) is 0 Å². The standard InChI is InChI=1S/C20H33BN2O4S/c1-16(2)15-28(24,25)23-13-11-22(12-14-23)18-9-7-17(8-10-18)21-26-19(3,4)20(5,6)27-21/h7-10,16H,11-15H2,1-6H3. The third-order valence-corrected chi connectivity index (χ3v) is 8.20. The molecule has 2 aliphatic rings. The number of piperazine rings is 1. The lowest BCUT2D eigenvalue weighted by atomic mass is 9.79. The van der Waals surface area contributed by atoms with E-state index in [0.717, 1.165) is 11.2 Å². The molecule has 0 aliphatic carbocycles. The zero-order chi connectivity index (χ0) is 20.7. The lowest BCUT2D eigenvalue weighted by molar-refractivity contribution is 0.00578. The Balaban J connectivity index is 1.62. The fourth-order valence-electron chi connectivity index (χ4n) is 3.57. The minimum atomic E-state index is -3.15. The maximum absolute atomic E-state index is 12.4. The van der Waals surface area contributed by atoms with Crippen LogP contribution in [-0.2, 0) is 19.3 Å². The van der Waals surface area contributed by atoms with Crippen molar-refractivity contribution in [2.45, 2.75) is 52.7 Å². The third-order valence-electron chi connectivity index (χ3n) is 5.96. The van der Waals surface area contributed by atoms with E-state index in [-0.39, 0.29) is 30.0 Å². The van der Waals surface area contributed by atoms with Gasteiger partial charge in [0, 0.05) is 31.9 Å². The molecule has 28 heavy (non-hydrogen) atoms. The Hall–Kier alpha value is -1.09. The molecule has 0 spiro atoms. The van der Waals surface area contributed by atoms with Gasteiger partial charge in [-0.25, -0.2) is 8.42 Å². The minimum absolute atomic E-state index is 0.144. The van der Waals surface area contributed by atoms with Crippen molar-refractivity contribution in [2.75, 3.05) is 36.8 Å². The first-order chi connectivity index (χ1) is 12.9. The van der Waals surface area contributed by atoms with E-state index in [1.165, 1.54) is 0 Å². The fourth-order valence-corrected chi connectivity index (χ4v) is 5.35. The van der Waals surface area contributed by atoms with Crippen molar-refractivity contribution in [3.63, 3.8) is 0 Å². The van der Waals surface area contributed by atoms with E-state index in [9.17, 15) is 8.42 Å². The Kier molecular flexibility index (Phi) is 5.89. The second-order valence-corrected chi connectivity index (χ2v) is 11.3. The Labute approximate surface area is 170 Å². The van der Waals surface area contributed by atoms with Crippen LogP contribution in [0.1, 0.15) is 41.5 Å². The van der Waals surface area contributed by atoms with Crippen LogP contribution in [0.5, 0.6) is 0 Å². The second kappa shape index (κ2) is 7.63. The van der Waals surface area contributed by atoms with Crippen molar-refractivity contribution in [3.8, 4) is 0 Å². The van der Waals surface area contributed by atoms with Crippen molar-refractivity contribution in [3.05, 3.63) is 24.3 Å². The van der Waals surface area contributed by atoms with Crippen LogP contribution in [0, 0.1) is 5.92 Å². The van der Waals surface area contributed by atoms with Crippen LogP contribution in [0.3, 0.4) is 0 Å². The summed E-state index contributed by atoms with van der Waals surface area (Å²) >= 11 is 0. The molecule has 0 radical (unpaired) electrons. The summed E-state index contributed by atoms with van der Waals surface area (Å²) in [7, 11) is -3.52. The summed E-state index contributed by atoms with van der Waals surface area (Å²) in [6.45, 7) is 14.6. The number of rotatable bonds is 5. The molecular weight excluding hydrogens is 375 g/mol. The van der Waals surface area contributed by atoms with E-state index in [1.807, 2.05) is 53.7 Å². The maximum Gasteiger partial charge on any atom is 0.494 e. The molecule has 2 heterocycles. The molecule has 0 bridgehead atoms. The van der Waals surface area contributed by atoms with Crippen molar-refractivity contribution in [1.29, 1.82) is 0 Å². The van der Waals surface area contributed by atoms with Crippen molar-refractivity contribution >= 4 is 28.3 Å². The summed E-state index contributed by atoms with van der Waals surface area (Å²) in [5.41, 5.74) is 1.39. The van der Waals surface area contributed by atoms with Crippen LogP contribution >= 0.6 is 0 Å². The predicted octanol–water partition coefficient (Wildman–Crippen LogP) is 2.09. The molecule has 0 unspecified atom stereocenters. The van der Waals surface area contributed by atoms with Crippen molar-refractivity contribution in [2.24, 2.45) is 5.92 Å². The average molecular weight is 408 g/mol. The topological polar surface area (TPSA) is 59.1 Å². The average Bonchev–Trinajstić information content (AvgIpc) is 2.82. The van der Waals surface area contributed by atoms with Gasteiger partial charge in [-0.05, 0) is 51.2 Å². The predicted molar refractivity (Wildman–Crippen MR) is 115 cm³/mol. The molecule has 2 fully saturated rings. The summed E-state index contributed by atoms with van der Waals surface area (Å²) in [6, 6.07) is 8.22. The van der Waals surface area contributed by atoms with Gasteiger partial charge in [-0.3, -0.25) is 0 Å². The molecule has 1 aromatic rings. The van der Waals surface area contributed by atoms with E-state index in [0.29, 0.717) is 26.2 Å². The van der Waals surface area contributed by atoms with Gasteiger partial charge in [-0.1, -0.05) is 26.0 Å². The van der Waals surface area contributed by atoms with Gasteiger partial charge in [0.15, 0.2) is 0 Å². The smallest absolute Gasteiger partial charge is 0.399 e. The third kappa shape index (κ3) is 4.40. The minimum Gasteiger partial charge on any atom is -0.399 e. The fraction of sp³-hybridized carbons (Fsp3) is 0.700. The molecule has 0 aromatic heterocycles. The van der Waals surface area contributed by atoms with Crippen molar-refractivity contribution < 1.29 is 17.7 Å². The lowest BCUT2D eigenvalue weighted by Gasteiger charge is -2.35. The molecule has 156 valence electrons. The summed E-state index contributed by atoms with van der Waals surface area (Å²) in [4.78, 5) is 2.23. The van der Waals surface area contributed by atoms with E-state index < -0.39 is 10.0 Å². The molecule has 2 aliphatic heterocycles. The summed E-state index contributed by atoms with van der Waals surface area (Å²) in [5.74, 6) is 0.362. The van der Waals surface area contributed by atoms with Crippen LogP contribution < -0.4 is 10.4 Å². The number of hydrogen-bond acceptors (Lipinski definition) is 5. The second-order valence-electron chi connectivity index (χ2n) is 9.24. The molecule has 1 aromatic carbocycles. The molecular formula is C20H33BN2O4S. The zero-order valence-corrected chi connectivity index (χ0v) is 18.8. The van der Waals surface area contributed by atoms with E-state index in [4.69, 9.17) is 9.31 Å². The Bertz CT molecular complexity index is 769. The molecule has 0 amide bonds. The van der Waals surface area contributed by atoms with Gasteiger partial charge in [0.05, 0.1) is 17.0 Å². The molecule has 0 atom stereocenters. The maximum atomic E-state index is 12.4. The first kappa shape index (κ1) is 21.6. The Morgan fingerprint density at radius 2 is 1.46 bits per heavy atom. The Morgan fingerprint density at radius 1 is 0.964 bits per heavy atom. The largest absolute Gasteiger partial charge is 0.494 e. The number of nitrogens with zero attached hydrogens (tertiary/aromatic N) is 2. The first-order valence-electron chi connectivity index (χ1n) is 10.1. The van der Waals surface area contributed by atoms with Crippen LogP contribution in [0.4, 0.5) is 5.69 Å². The van der Waals surface area contributed by atoms with E-state index in [1.54, 1.807) is 4.31 Å². The molecule has 2 saturated heterocycles. The SMILES string of the molecule is CC(C)CS(=O)(=O)N1CCN(c2ccc(B3OC(C)(C)C(C)(C)O3)cc2)CC1. The quantitative estimate of drug-likeness (QED) is 0.699. The van der Waals surface area contributed by atoms with E-state index in [2.05, 4.69) is 17.0 Å². The van der Waals surface area contributed by atoms with Crippen LogP contribution in [0.15, 0.2) is 24.3 Å². The van der Waals surface area contributed by atoms with Gasteiger partial charge >= 0.3 is 7.12 Å². The molecule has 8 heteroatoms. The lowest BCUT2D eigenvalue weighted by Crippen LogP contribution is -2.49. The van der Waals surface area contributed by atoms with Gasteiger partial charge in [-0.15, -0.1) is 0 Å².